The molecule has 1 aliphatic carbocycles. The van der Waals surface area contributed by atoms with Gasteiger partial charge < -0.3 is 15.0 Å². The van der Waals surface area contributed by atoms with E-state index >= 15 is 0 Å². The highest BCUT2D eigenvalue weighted by molar-refractivity contribution is 5.47. The maximum atomic E-state index is 6.21. The number of hydrogen-bond donors (Lipinski definition) is 1. The summed E-state index contributed by atoms with van der Waals surface area (Å²) in [5.41, 5.74) is 2.63. The largest absolute Gasteiger partial charge is 0.372 e. The summed E-state index contributed by atoms with van der Waals surface area (Å²) in [6.07, 6.45) is 5.92. The van der Waals surface area contributed by atoms with E-state index in [1.54, 1.807) is 0 Å². The van der Waals surface area contributed by atoms with Gasteiger partial charge in [0.1, 0.15) is 0 Å². The lowest BCUT2D eigenvalue weighted by atomic mass is 10.1. The summed E-state index contributed by atoms with van der Waals surface area (Å²) in [5.74, 6) is 0. The van der Waals surface area contributed by atoms with Gasteiger partial charge in [-0.05, 0) is 51.7 Å². The fourth-order valence-corrected chi connectivity index (χ4v) is 3.07. The van der Waals surface area contributed by atoms with E-state index in [0.717, 1.165) is 25.7 Å². The van der Waals surface area contributed by atoms with E-state index in [0.29, 0.717) is 12.2 Å². The van der Waals surface area contributed by atoms with Gasteiger partial charge >= 0.3 is 0 Å². The summed E-state index contributed by atoms with van der Waals surface area (Å²) in [6, 6.07) is 9.61. The minimum atomic E-state index is 0.386. The van der Waals surface area contributed by atoms with Gasteiger partial charge in [-0.2, -0.15) is 0 Å². The summed E-state index contributed by atoms with van der Waals surface area (Å²) in [4.78, 5) is 2.43. The normalized spacial score (nSPS) is 25.2. The molecular formula is C18H28N2O. The van der Waals surface area contributed by atoms with Crippen LogP contribution in [0.3, 0.4) is 0 Å². The van der Waals surface area contributed by atoms with Crippen molar-refractivity contribution in [3.05, 3.63) is 29.8 Å². The molecule has 116 valence electrons. The van der Waals surface area contributed by atoms with Crippen LogP contribution in [0.5, 0.6) is 0 Å². The van der Waals surface area contributed by atoms with Gasteiger partial charge in [0.2, 0.25) is 0 Å². The number of nitrogens with zero attached hydrogens (tertiary/aromatic N) is 1. The van der Waals surface area contributed by atoms with E-state index in [1.165, 1.54) is 36.9 Å². The van der Waals surface area contributed by atoms with Crippen molar-refractivity contribution in [1.82, 2.24) is 5.32 Å². The number of nitrogens with one attached hydrogen (secondary N) is 1. The van der Waals surface area contributed by atoms with Crippen molar-refractivity contribution in [1.29, 1.82) is 0 Å². The zero-order chi connectivity index (χ0) is 14.7. The Kier molecular flexibility index (Phi) is 4.81. The molecule has 3 heteroatoms. The number of ether oxygens (including phenoxy) is 1. The van der Waals surface area contributed by atoms with Crippen LogP contribution in [-0.2, 0) is 4.74 Å². The molecule has 0 amide bonds. The molecule has 1 saturated carbocycles. The molecule has 0 radical (unpaired) electrons. The number of hydrogen-bond acceptors (Lipinski definition) is 3. The number of likely N-dealkylation sites (N-methyl/N-ethyl adjacent to an activating group) is 1. The Hall–Kier alpha value is -1.06. The quantitative estimate of drug-likeness (QED) is 0.834. The molecule has 1 aliphatic heterocycles. The maximum absolute atomic E-state index is 6.21. The minimum absolute atomic E-state index is 0.386. The molecule has 2 unspecified atom stereocenters. The first-order valence-corrected chi connectivity index (χ1v) is 8.45. The van der Waals surface area contributed by atoms with Gasteiger partial charge in [0.25, 0.3) is 0 Å². The molecule has 2 aliphatic rings. The van der Waals surface area contributed by atoms with Crippen molar-refractivity contribution < 1.29 is 4.74 Å². The summed E-state index contributed by atoms with van der Waals surface area (Å²) in [7, 11) is 0. The Bertz CT molecular complexity index is 441. The Morgan fingerprint density at radius 3 is 2.48 bits per heavy atom. The lowest BCUT2D eigenvalue weighted by molar-refractivity contribution is 0.0493. The summed E-state index contributed by atoms with van der Waals surface area (Å²) < 4.78 is 6.21. The number of anilines is 1. The topological polar surface area (TPSA) is 24.5 Å². The van der Waals surface area contributed by atoms with E-state index < -0.39 is 0 Å². The zero-order valence-corrected chi connectivity index (χ0v) is 13.3. The molecule has 2 fully saturated rings. The molecule has 21 heavy (non-hydrogen) atoms. The Morgan fingerprint density at radius 1 is 1.10 bits per heavy atom. The fraction of sp³-hybridized carbons (Fsp3) is 0.667. The zero-order valence-electron chi connectivity index (χ0n) is 13.3. The van der Waals surface area contributed by atoms with Crippen LogP contribution in [0.4, 0.5) is 5.69 Å². The van der Waals surface area contributed by atoms with Crippen LogP contribution < -0.4 is 10.2 Å². The van der Waals surface area contributed by atoms with Gasteiger partial charge in [0.15, 0.2) is 0 Å². The lowest BCUT2D eigenvalue weighted by Gasteiger charge is -2.26. The molecule has 0 bridgehead atoms. The van der Waals surface area contributed by atoms with Gasteiger partial charge in [0, 0.05) is 31.4 Å². The van der Waals surface area contributed by atoms with Crippen LogP contribution >= 0.6 is 0 Å². The molecule has 1 heterocycles. The molecule has 1 aromatic rings. The molecule has 1 saturated heterocycles. The average molecular weight is 288 g/mol. The van der Waals surface area contributed by atoms with Crippen LogP contribution in [0, 0.1) is 6.92 Å². The highest BCUT2D eigenvalue weighted by atomic mass is 16.5. The van der Waals surface area contributed by atoms with E-state index in [1.807, 2.05) is 0 Å². The highest BCUT2D eigenvalue weighted by Gasteiger charge is 2.28. The van der Waals surface area contributed by atoms with Crippen molar-refractivity contribution in [2.45, 2.75) is 57.8 Å². The summed E-state index contributed by atoms with van der Waals surface area (Å²) in [6.45, 7) is 7.45. The standard InChI is InChI=1S/C18H28N2O/c1-3-20(16-8-4-14(2)5-9-16)13-18-11-10-17(21-18)12-19-15-6-7-15/h4-5,8-9,15,17-19H,3,6-7,10-13H2,1-2H3. The van der Waals surface area contributed by atoms with Gasteiger partial charge in [-0.15, -0.1) is 0 Å². The molecule has 0 aromatic heterocycles. The first kappa shape index (κ1) is 14.9. The summed E-state index contributed by atoms with van der Waals surface area (Å²) >= 11 is 0. The van der Waals surface area contributed by atoms with Crippen LogP contribution in [0.15, 0.2) is 24.3 Å². The molecule has 1 aromatic carbocycles. The number of benzene rings is 1. The predicted octanol–water partition coefficient (Wildman–Crippen LogP) is 3.12. The maximum Gasteiger partial charge on any atom is 0.0755 e. The van der Waals surface area contributed by atoms with Crippen molar-refractivity contribution in [3.8, 4) is 0 Å². The van der Waals surface area contributed by atoms with Gasteiger partial charge in [-0.1, -0.05) is 17.7 Å². The lowest BCUT2D eigenvalue weighted by Crippen LogP contribution is -2.34. The Balaban J connectivity index is 1.48. The van der Waals surface area contributed by atoms with Gasteiger partial charge in [-0.25, -0.2) is 0 Å². The average Bonchev–Trinajstić information content (AvgIpc) is 3.23. The van der Waals surface area contributed by atoms with Crippen molar-refractivity contribution in [3.63, 3.8) is 0 Å². The smallest absolute Gasteiger partial charge is 0.0755 e. The van der Waals surface area contributed by atoms with Crippen molar-refractivity contribution in [2.24, 2.45) is 0 Å². The first-order valence-electron chi connectivity index (χ1n) is 8.45. The number of aryl methyl sites for hydroxylation is 1. The highest BCUT2D eigenvalue weighted by Crippen LogP contribution is 2.24. The number of rotatable bonds is 7. The van der Waals surface area contributed by atoms with Crippen LogP contribution in [0.1, 0.15) is 38.2 Å². The first-order chi connectivity index (χ1) is 10.2. The predicted molar refractivity (Wildman–Crippen MR) is 88.0 cm³/mol. The van der Waals surface area contributed by atoms with E-state index in [9.17, 15) is 0 Å². The molecule has 0 spiro atoms. The van der Waals surface area contributed by atoms with Crippen LogP contribution in [-0.4, -0.2) is 37.9 Å². The Morgan fingerprint density at radius 2 is 1.81 bits per heavy atom. The van der Waals surface area contributed by atoms with Crippen molar-refractivity contribution in [2.75, 3.05) is 24.5 Å². The fourth-order valence-electron chi connectivity index (χ4n) is 3.07. The molecule has 2 atom stereocenters. The third-order valence-electron chi connectivity index (χ3n) is 4.61. The molecular weight excluding hydrogens is 260 g/mol. The van der Waals surface area contributed by atoms with Gasteiger partial charge in [0.05, 0.1) is 12.2 Å². The van der Waals surface area contributed by atoms with E-state index in [2.05, 4.69) is 48.3 Å². The molecule has 1 N–H and O–H groups in total. The second-order valence-corrected chi connectivity index (χ2v) is 6.51. The second kappa shape index (κ2) is 6.80. The third-order valence-corrected chi connectivity index (χ3v) is 4.61. The second-order valence-electron chi connectivity index (χ2n) is 6.51. The Labute approximate surface area is 128 Å². The van der Waals surface area contributed by atoms with Crippen LogP contribution in [0.2, 0.25) is 0 Å². The monoisotopic (exact) mass is 288 g/mol. The molecule has 3 rings (SSSR count). The van der Waals surface area contributed by atoms with Crippen molar-refractivity contribution >= 4 is 5.69 Å². The SMILES string of the molecule is CCN(CC1CCC(CNC2CC2)O1)c1ccc(C)cc1. The van der Waals surface area contributed by atoms with Crippen LogP contribution in [0.25, 0.3) is 0 Å². The molecule has 3 nitrogen and oxygen atoms in total. The van der Waals surface area contributed by atoms with E-state index in [-0.39, 0.29) is 0 Å². The van der Waals surface area contributed by atoms with Gasteiger partial charge in [-0.3, -0.25) is 0 Å². The third kappa shape index (κ3) is 4.21. The minimum Gasteiger partial charge on any atom is -0.372 e. The van der Waals surface area contributed by atoms with E-state index in [4.69, 9.17) is 4.74 Å². The summed E-state index contributed by atoms with van der Waals surface area (Å²) in [5, 5.41) is 3.59.